The molecule has 1 aromatic heterocycles. The second-order valence-corrected chi connectivity index (χ2v) is 4.05. The first-order chi connectivity index (χ1) is 7.63. The Morgan fingerprint density at radius 3 is 2.50 bits per heavy atom. The molecule has 16 heavy (non-hydrogen) atoms. The lowest BCUT2D eigenvalue weighted by molar-refractivity contribution is 1.11. The number of rotatable bonds is 1. The van der Waals surface area contributed by atoms with Crippen LogP contribution in [0.25, 0.3) is 11.1 Å². The number of nitrogen functional groups attached to an aromatic ring is 1. The van der Waals surface area contributed by atoms with E-state index < -0.39 is 0 Å². The Bertz CT molecular complexity index is 581. The number of nitrogens with zero attached hydrogens (tertiary/aromatic N) is 2. The smallest absolute Gasteiger partial charge is 0.189 e. The number of nitriles is 1. The number of anilines is 1. The minimum absolute atomic E-state index is 0.367. The molecule has 0 unspecified atom stereocenters. The van der Waals surface area contributed by atoms with E-state index in [0.29, 0.717) is 15.9 Å². The molecule has 5 heteroatoms. The molecule has 0 fully saturated rings. The summed E-state index contributed by atoms with van der Waals surface area (Å²) in [6.45, 7) is 0. The van der Waals surface area contributed by atoms with Gasteiger partial charge in [-0.05, 0) is 18.2 Å². The first-order valence-electron chi connectivity index (χ1n) is 4.46. The van der Waals surface area contributed by atoms with Crippen LogP contribution in [0, 0.1) is 11.5 Å². The van der Waals surface area contributed by atoms with Crippen molar-refractivity contribution in [1.29, 1.82) is 5.26 Å². The van der Waals surface area contributed by atoms with Gasteiger partial charge in [-0.1, -0.05) is 29.3 Å². The van der Waals surface area contributed by atoms with Crippen LogP contribution in [-0.2, 0) is 0 Å². The Labute approximate surface area is 103 Å². The molecule has 0 atom stereocenters. The second kappa shape index (κ2) is 4.09. The molecule has 1 heterocycles. The topological polar surface area (TPSA) is 54.7 Å². The molecule has 3 nitrogen and oxygen atoms in total. The van der Waals surface area contributed by atoms with Gasteiger partial charge in [-0.3, -0.25) is 0 Å². The SMILES string of the molecule is N#Cn1ccc(-c2ccc(Cl)cc2Cl)c1N. The van der Waals surface area contributed by atoms with E-state index in [1.54, 1.807) is 30.5 Å². The summed E-state index contributed by atoms with van der Waals surface area (Å²) in [5.41, 5.74) is 7.29. The number of nitrogens with two attached hydrogens (primary N) is 1. The van der Waals surface area contributed by atoms with Gasteiger partial charge in [0.1, 0.15) is 5.82 Å². The summed E-state index contributed by atoms with van der Waals surface area (Å²) in [6, 6.07) is 6.89. The van der Waals surface area contributed by atoms with Crippen molar-refractivity contribution in [2.75, 3.05) is 5.73 Å². The number of hydrogen-bond donors (Lipinski definition) is 1. The largest absolute Gasteiger partial charge is 0.384 e. The van der Waals surface area contributed by atoms with Crippen molar-refractivity contribution in [3.63, 3.8) is 0 Å². The number of benzene rings is 1. The van der Waals surface area contributed by atoms with E-state index in [9.17, 15) is 0 Å². The van der Waals surface area contributed by atoms with Crippen molar-refractivity contribution in [3.8, 4) is 17.3 Å². The van der Waals surface area contributed by atoms with Crippen LogP contribution in [0.1, 0.15) is 0 Å². The average molecular weight is 252 g/mol. The van der Waals surface area contributed by atoms with Gasteiger partial charge < -0.3 is 5.73 Å². The monoisotopic (exact) mass is 251 g/mol. The summed E-state index contributed by atoms with van der Waals surface area (Å²) in [5, 5.41) is 9.84. The van der Waals surface area contributed by atoms with Gasteiger partial charge in [0.05, 0.1) is 5.02 Å². The summed E-state index contributed by atoms with van der Waals surface area (Å²) in [4.78, 5) is 0. The lowest BCUT2D eigenvalue weighted by Crippen LogP contribution is -1.96. The van der Waals surface area contributed by atoms with Crippen molar-refractivity contribution >= 4 is 29.0 Å². The maximum Gasteiger partial charge on any atom is 0.189 e. The van der Waals surface area contributed by atoms with E-state index in [2.05, 4.69) is 0 Å². The second-order valence-electron chi connectivity index (χ2n) is 3.21. The molecular weight excluding hydrogens is 245 g/mol. The highest BCUT2D eigenvalue weighted by Crippen LogP contribution is 2.34. The third kappa shape index (κ3) is 1.73. The average Bonchev–Trinajstić information content (AvgIpc) is 2.60. The molecule has 2 N–H and O–H groups in total. The normalized spacial score (nSPS) is 10.1. The van der Waals surface area contributed by atoms with Gasteiger partial charge in [-0.2, -0.15) is 5.26 Å². The molecule has 2 aromatic rings. The molecule has 0 spiro atoms. The fourth-order valence-electron chi connectivity index (χ4n) is 1.47. The van der Waals surface area contributed by atoms with Gasteiger partial charge in [0.15, 0.2) is 6.19 Å². The van der Waals surface area contributed by atoms with E-state index in [1.807, 2.05) is 6.19 Å². The minimum Gasteiger partial charge on any atom is -0.384 e. The van der Waals surface area contributed by atoms with Crippen LogP contribution in [0.2, 0.25) is 10.0 Å². The Morgan fingerprint density at radius 1 is 1.19 bits per heavy atom. The number of aromatic nitrogens is 1. The predicted molar refractivity (Wildman–Crippen MR) is 65.3 cm³/mol. The first kappa shape index (κ1) is 10.9. The van der Waals surface area contributed by atoms with Crippen LogP contribution in [0.3, 0.4) is 0 Å². The highest BCUT2D eigenvalue weighted by atomic mass is 35.5. The van der Waals surface area contributed by atoms with Gasteiger partial charge in [-0.15, -0.1) is 0 Å². The first-order valence-corrected chi connectivity index (χ1v) is 5.21. The summed E-state index contributed by atoms with van der Waals surface area (Å²) >= 11 is 11.9. The molecule has 0 saturated heterocycles. The molecule has 0 saturated carbocycles. The van der Waals surface area contributed by atoms with Crippen molar-refractivity contribution in [2.24, 2.45) is 0 Å². The van der Waals surface area contributed by atoms with Gasteiger partial charge in [-0.25, -0.2) is 4.57 Å². The standard InChI is InChI=1S/C11H7Cl2N3/c12-7-1-2-8(10(13)5-7)9-3-4-16(6-14)11(9)15/h1-5H,15H2. The summed E-state index contributed by atoms with van der Waals surface area (Å²) in [7, 11) is 0. The van der Waals surface area contributed by atoms with E-state index in [0.717, 1.165) is 11.1 Å². The van der Waals surface area contributed by atoms with Crippen LogP contribution in [-0.4, -0.2) is 4.57 Å². The fraction of sp³-hybridized carbons (Fsp3) is 0. The summed E-state index contributed by atoms with van der Waals surface area (Å²) in [6.07, 6.45) is 3.53. The lowest BCUT2D eigenvalue weighted by atomic mass is 10.1. The van der Waals surface area contributed by atoms with Gasteiger partial charge in [0, 0.05) is 22.3 Å². The molecule has 0 bridgehead atoms. The van der Waals surface area contributed by atoms with Crippen LogP contribution in [0.15, 0.2) is 30.5 Å². The molecule has 0 aliphatic heterocycles. The lowest BCUT2D eigenvalue weighted by Gasteiger charge is -2.04. The zero-order chi connectivity index (χ0) is 11.7. The molecule has 1 aromatic carbocycles. The van der Waals surface area contributed by atoms with E-state index in [1.165, 1.54) is 4.57 Å². The maximum absolute atomic E-state index is 8.77. The quantitative estimate of drug-likeness (QED) is 0.845. The number of halogens is 2. The van der Waals surface area contributed by atoms with Crippen molar-refractivity contribution in [3.05, 3.63) is 40.5 Å². The van der Waals surface area contributed by atoms with Crippen LogP contribution >= 0.6 is 23.2 Å². The molecule has 80 valence electrons. The van der Waals surface area contributed by atoms with Crippen LogP contribution < -0.4 is 5.73 Å². The molecule has 0 aliphatic rings. The zero-order valence-corrected chi connectivity index (χ0v) is 9.63. The molecule has 2 rings (SSSR count). The highest BCUT2D eigenvalue weighted by molar-refractivity contribution is 6.36. The van der Waals surface area contributed by atoms with E-state index in [-0.39, 0.29) is 0 Å². The third-order valence-electron chi connectivity index (χ3n) is 2.25. The van der Waals surface area contributed by atoms with Crippen molar-refractivity contribution < 1.29 is 0 Å². The fourth-order valence-corrected chi connectivity index (χ4v) is 1.98. The van der Waals surface area contributed by atoms with E-state index >= 15 is 0 Å². The Kier molecular flexibility index (Phi) is 2.78. The minimum atomic E-state index is 0.367. The zero-order valence-electron chi connectivity index (χ0n) is 8.11. The van der Waals surface area contributed by atoms with Gasteiger partial charge in [0.25, 0.3) is 0 Å². The predicted octanol–water partition coefficient (Wildman–Crippen LogP) is 3.37. The Balaban J connectivity index is 2.60. The summed E-state index contributed by atoms with van der Waals surface area (Å²) in [5.74, 6) is 0.367. The van der Waals surface area contributed by atoms with Gasteiger partial charge >= 0.3 is 0 Å². The Morgan fingerprint density at radius 2 is 1.94 bits per heavy atom. The molecular formula is C11H7Cl2N3. The number of hydrogen-bond acceptors (Lipinski definition) is 2. The summed E-state index contributed by atoms with van der Waals surface area (Å²) < 4.78 is 1.28. The van der Waals surface area contributed by atoms with Crippen molar-refractivity contribution in [2.45, 2.75) is 0 Å². The maximum atomic E-state index is 8.77. The van der Waals surface area contributed by atoms with Crippen LogP contribution in [0.5, 0.6) is 0 Å². The van der Waals surface area contributed by atoms with Crippen molar-refractivity contribution in [1.82, 2.24) is 4.57 Å². The molecule has 0 radical (unpaired) electrons. The third-order valence-corrected chi connectivity index (χ3v) is 2.80. The van der Waals surface area contributed by atoms with Gasteiger partial charge in [0.2, 0.25) is 0 Å². The molecule has 0 aliphatic carbocycles. The van der Waals surface area contributed by atoms with Crippen LogP contribution in [0.4, 0.5) is 5.82 Å². The molecule has 0 amide bonds. The van der Waals surface area contributed by atoms with E-state index in [4.69, 9.17) is 34.2 Å². The Hall–Kier alpha value is -1.63. The highest BCUT2D eigenvalue weighted by Gasteiger charge is 2.11.